The van der Waals surface area contributed by atoms with E-state index in [1.165, 1.54) is 0 Å². The van der Waals surface area contributed by atoms with E-state index in [0.717, 1.165) is 23.5 Å². The van der Waals surface area contributed by atoms with Crippen LogP contribution in [0.5, 0.6) is 11.5 Å². The fourth-order valence-electron chi connectivity index (χ4n) is 3.37. The zero-order valence-electron chi connectivity index (χ0n) is 15.5. The van der Waals surface area contributed by atoms with E-state index >= 15 is 0 Å². The van der Waals surface area contributed by atoms with Gasteiger partial charge in [0.2, 0.25) is 5.91 Å². The molecule has 1 fully saturated rings. The first kappa shape index (κ1) is 19.0. The first-order valence-corrected chi connectivity index (χ1v) is 9.42. The summed E-state index contributed by atoms with van der Waals surface area (Å²) in [6.45, 7) is 3.14. The van der Waals surface area contributed by atoms with E-state index in [9.17, 15) is 14.7 Å². The largest absolute Gasteiger partial charge is 0.481 e. The first-order valence-electron chi connectivity index (χ1n) is 9.42. The zero-order valence-corrected chi connectivity index (χ0v) is 15.5. The average Bonchev–Trinajstić information content (AvgIpc) is 2.62. The third-order valence-corrected chi connectivity index (χ3v) is 4.99. The number of nitrogens with zero attached hydrogens (tertiary/aromatic N) is 1. The normalized spacial score (nSPS) is 18.4. The first-order chi connectivity index (χ1) is 13.1. The van der Waals surface area contributed by atoms with Crippen LogP contribution in [0.25, 0.3) is 0 Å². The van der Waals surface area contributed by atoms with Crippen molar-refractivity contribution in [3.8, 4) is 11.5 Å². The van der Waals surface area contributed by atoms with E-state index in [2.05, 4.69) is 0 Å². The summed E-state index contributed by atoms with van der Waals surface area (Å²) in [5.41, 5.74) is 1.00. The standard InChI is InChI=1S/C22H25NO4/c1-2-14-23(21(24)19-12-13-20(19)22(25)26)15-16-8-10-18(11-9-16)27-17-6-4-3-5-7-17/h3-11,19-20H,2,12-15H2,1H3,(H,25,26)/t19-,20-/m0/s1. The maximum Gasteiger partial charge on any atom is 0.307 e. The minimum Gasteiger partial charge on any atom is -0.481 e. The summed E-state index contributed by atoms with van der Waals surface area (Å²) in [5, 5.41) is 9.22. The highest BCUT2D eigenvalue weighted by Crippen LogP contribution is 2.36. The second-order valence-corrected chi connectivity index (χ2v) is 6.95. The summed E-state index contributed by atoms with van der Waals surface area (Å²) in [5.74, 6) is -0.298. The van der Waals surface area contributed by atoms with Crippen LogP contribution in [0.15, 0.2) is 54.6 Å². The maximum absolute atomic E-state index is 12.8. The van der Waals surface area contributed by atoms with E-state index in [-0.39, 0.29) is 11.8 Å². The van der Waals surface area contributed by atoms with Gasteiger partial charge in [-0.1, -0.05) is 37.3 Å². The maximum atomic E-state index is 12.8. The quantitative estimate of drug-likeness (QED) is 0.754. The molecular formula is C22H25NO4. The topological polar surface area (TPSA) is 66.8 Å². The Bertz CT molecular complexity index is 773. The molecule has 0 radical (unpaired) electrons. The molecule has 0 aliphatic heterocycles. The fraction of sp³-hybridized carbons (Fsp3) is 0.364. The minimum absolute atomic E-state index is 0.0416. The lowest BCUT2D eigenvalue weighted by molar-refractivity contribution is -0.156. The monoisotopic (exact) mass is 367 g/mol. The third-order valence-electron chi connectivity index (χ3n) is 4.99. The Kier molecular flexibility index (Phi) is 6.12. The van der Waals surface area contributed by atoms with Crippen LogP contribution in [0.4, 0.5) is 0 Å². The molecule has 1 aliphatic carbocycles. The Hall–Kier alpha value is -2.82. The fourth-order valence-corrected chi connectivity index (χ4v) is 3.37. The van der Waals surface area contributed by atoms with Gasteiger partial charge in [-0.15, -0.1) is 0 Å². The van der Waals surface area contributed by atoms with Crippen molar-refractivity contribution in [3.05, 3.63) is 60.2 Å². The van der Waals surface area contributed by atoms with Crippen molar-refractivity contribution >= 4 is 11.9 Å². The molecule has 5 heteroatoms. The molecule has 0 saturated heterocycles. The van der Waals surface area contributed by atoms with Crippen molar-refractivity contribution in [3.63, 3.8) is 0 Å². The van der Waals surface area contributed by atoms with E-state index in [4.69, 9.17) is 4.74 Å². The number of ether oxygens (including phenoxy) is 1. The van der Waals surface area contributed by atoms with Crippen molar-refractivity contribution in [2.24, 2.45) is 11.8 Å². The molecular weight excluding hydrogens is 342 g/mol. The minimum atomic E-state index is -0.863. The van der Waals surface area contributed by atoms with Gasteiger partial charge in [0.05, 0.1) is 11.8 Å². The number of benzene rings is 2. The number of carboxylic acids is 1. The van der Waals surface area contributed by atoms with Gasteiger partial charge in [-0.3, -0.25) is 9.59 Å². The Labute approximate surface area is 159 Å². The van der Waals surface area contributed by atoms with Gasteiger partial charge in [0.15, 0.2) is 0 Å². The van der Waals surface area contributed by atoms with Crippen LogP contribution in [-0.4, -0.2) is 28.4 Å². The molecule has 2 aromatic rings. The van der Waals surface area contributed by atoms with Crippen molar-refractivity contribution in [2.45, 2.75) is 32.7 Å². The molecule has 0 unspecified atom stereocenters. The lowest BCUT2D eigenvalue weighted by Crippen LogP contribution is -2.46. The van der Waals surface area contributed by atoms with Gasteiger partial charge in [-0.25, -0.2) is 0 Å². The van der Waals surface area contributed by atoms with Gasteiger partial charge in [0, 0.05) is 13.1 Å². The molecule has 1 N–H and O–H groups in total. The van der Waals surface area contributed by atoms with Crippen LogP contribution in [0, 0.1) is 11.8 Å². The van der Waals surface area contributed by atoms with Crippen LogP contribution >= 0.6 is 0 Å². The predicted octanol–water partition coefficient (Wildman–Crippen LogP) is 4.33. The molecule has 2 atom stereocenters. The highest BCUT2D eigenvalue weighted by molar-refractivity contribution is 5.86. The van der Waals surface area contributed by atoms with Crippen LogP contribution in [0.3, 0.4) is 0 Å². The average molecular weight is 367 g/mol. The second-order valence-electron chi connectivity index (χ2n) is 6.95. The highest BCUT2D eigenvalue weighted by atomic mass is 16.5. The zero-order chi connectivity index (χ0) is 19.2. The number of rotatable bonds is 8. The van der Waals surface area contributed by atoms with Crippen molar-refractivity contribution in [2.75, 3.05) is 6.54 Å². The van der Waals surface area contributed by atoms with Crippen LogP contribution < -0.4 is 4.74 Å². The lowest BCUT2D eigenvalue weighted by atomic mass is 9.73. The molecule has 0 bridgehead atoms. The lowest BCUT2D eigenvalue weighted by Gasteiger charge is -2.36. The van der Waals surface area contributed by atoms with E-state index in [0.29, 0.717) is 25.9 Å². The number of para-hydroxylation sites is 1. The van der Waals surface area contributed by atoms with Crippen LogP contribution in [0.1, 0.15) is 31.7 Å². The van der Waals surface area contributed by atoms with Gasteiger partial charge in [0.1, 0.15) is 11.5 Å². The van der Waals surface area contributed by atoms with Gasteiger partial charge >= 0.3 is 5.97 Å². The SMILES string of the molecule is CCCN(Cc1ccc(Oc2ccccc2)cc1)C(=O)[C@H]1CC[C@@H]1C(=O)O. The molecule has 5 nitrogen and oxygen atoms in total. The molecule has 142 valence electrons. The summed E-state index contributed by atoms with van der Waals surface area (Å²) in [4.78, 5) is 25.8. The highest BCUT2D eigenvalue weighted by Gasteiger charge is 2.42. The summed E-state index contributed by atoms with van der Waals surface area (Å²) in [6.07, 6.45) is 2.10. The molecule has 0 spiro atoms. The van der Waals surface area contributed by atoms with Gasteiger partial charge in [-0.2, -0.15) is 0 Å². The Morgan fingerprint density at radius 3 is 2.19 bits per heavy atom. The molecule has 0 aromatic heterocycles. The Morgan fingerprint density at radius 1 is 1.00 bits per heavy atom. The third kappa shape index (κ3) is 4.67. The summed E-state index contributed by atoms with van der Waals surface area (Å²) >= 11 is 0. The molecule has 27 heavy (non-hydrogen) atoms. The van der Waals surface area contributed by atoms with Crippen LogP contribution in [-0.2, 0) is 16.1 Å². The Balaban J connectivity index is 1.64. The van der Waals surface area contributed by atoms with Crippen molar-refractivity contribution < 1.29 is 19.4 Å². The summed E-state index contributed by atoms with van der Waals surface area (Å²) < 4.78 is 5.79. The van der Waals surface area contributed by atoms with Crippen molar-refractivity contribution in [1.29, 1.82) is 0 Å². The molecule has 1 saturated carbocycles. The van der Waals surface area contributed by atoms with E-state index < -0.39 is 11.9 Å². The number of aliphatic carboxylic acids is 1. The number of carbonyl (C=O) groups excluding carboxylic acids is 1. The summed E-state index contributed by atoms with van der Waals surface area (Å²) in [6, 6.07) is 17.2. The number of hydrogen-bond donors (Lipinski definition) is 1. The molecule has 1 amide bonds. The van der Waals surface area contributed by atoms with Crippen molar-refractivity contribution in [1.82, 2.24) is 4.90 Å². The molecule has 0 heterocycles. The van der Waals surface area contributed by atoms with Gasteiger partial charge < -0.3 is 14.7 Å². The Morgan fingerprint density at radius 2 is 1.63 bits per heavy atom. The van der Waals surface area contributed by atoms with Gasteiger partial charge in [-0.05, 0) is 49.1 Å². The number of carbonyl (C=O) groups is 2. The van der Waals surface area contributed by atoms with Crippen LogP contribution in [0.2, 0.25) is 0 Å². The smallest absolute Gasteiger partial charge is 0.307 e. The molecule has 1 aliphatic rings. The van der Waals surface area contributed by atoms with Gasteiger partial charge in [0.25, 0.3) is 0 Å². The summed E-state index contributed by atoms with van der Waals surface area (Å²) in [7, 11) is 0. The predicted molar refractivity (Wildman–Crippen MR) is 103 cm³/mol. The van der Waals surface area contributed by atoms with E-state index in [1.807, 2.05) is 61.5 Å². The molecule has 3 rings (SSSR count). The number of hydrogen-bond acceptors (Lipinski definition) is 3. The number of amides is 1. The molecule has 2 aromatic carbocycles. The number of carboxylic acid groups (broad SMARTS) is 1. The van der Waals surface area contributed by atoms with E-state index in [1.54, 1.807) is 4.90 Å². The second kappa shape index (κ2) is 8.71.